The zero-order valence-electron chi connectivity index (χ0n) is 18.3. The molecule has 1 aliphatic carbocycles. The summed E-state index contributed by atoms with van der Waals surface area (Å²) in [5.41, 5.74) is 4.29. The van der Waals surface area contributed by atoms with E-state index in [2.05, 4.69) is 26.0 Å². The molecule has 1 saturated carbocycles. The molecule has 1 atom stereocenters. The number of hydrogen-bond donors (Lipinski definition) is 0. The fourth-order valence-corrected chi connectivity index (χ4v) is 4.75. The highest BCUT2D eigenvalue weighted by Gasteiger charge is 2.43. The van der Waals surface area contributed by atoms with Crippen molar-refractivity contribution in [3.05, 3.63) is 70.8 Å². The number of carbonyl (C=O) groups excluding carboxylic acids is 2. The highest BCUT2D eigenvalue weighted by molar-refractivity contribution is 5.95. The standard InChI is InChI=1S/C26H32N2O2/c1-18-4-10-21(11-5-18)16-28-24(29)17-27(23-14-8-20(3)9-15-23)26(30)25(28)22-12-6-19(2)7-13-22/h4-7,10-13,20,23,25H,8-9,14-17H2,1-3H3. The maximum absolute atomic E-state index is 13.7. The van der Waals surface area contributed by atoms with Crippen LogP contribution in [0.15, 0.2) is 48.5 Å². The SMILES string of the molecule is Cc1ccc(CN2C(=O)CN(C3CCC(C)CC3)C(=O)C2c2ccc(C)cc2)cc1. The summed E-state index contributed by atoms with van der Waals surface area (Å²) in [6.07, 6.45) is 4.26. The molecule has 2 aromatic carbocycles. The number of piperazine rings is 1. The molecule has 4 heteroatoms. The maximum atomic E-state index is 13.7. The lowest BCUT2D eigenvalue weighted by atomic mass is 9.85. The van der Waals surface area contributed by atoms with Crippen LogP contribution in [-0.2, 0) is 16.1 Å². The molecule has 4 nitrogen and oxygen atoms in total. The molecule has 0 aromatic heterocycles. The molecule has 2 amide bonds. The molecule has 2 aromatic rings. The molecule has 0 spiro atoms. The first-order valence-electron chi connectivity index (χ1n) is 11.1. The summed E-state index contributed by atoms with van der Waals surface area (Å²) in [7, 11) is 0. The third-order valence-electron chi connectivity index (χ3n) is 6.75. The number of carbonyl (C=O) groups is 2. The molecule has 2 fully saturated rings. The molecule has 0 N–H and O–H groups in total. The van der Waals surface area contributed by atoms with E-state index in [4.69, 9.17) is 0 Å². The van der Waals surface area contributed by atoms with E-state index in [0.717, 1.165) is 42.4 Å². The van der Waals surface area contributed by atoms with Crippen molar-refractivity contribution in [1.82, 2.24) is 9.80 Å². The van der Waals surface area contributed by atoms with Gasteiger partial charge in [-0.1, -0.05) is 66.6 Å². The van der Waals surface area contributed by atoms with Gasteiger partial charge in [-0.3, -0.25) is 9.59 Å². The van der Waals surface area contributed by atoms with Crippen LogP contribution >= 0.6 is 0 Å². The average molecular weight is 405 g/mol. The van der Waals surface area contributed by atoms with E-state index in [1.165, 1.54) is 5.56 Å². The van der Waals surface area contributed by atoms with Crippen LogP contribution in [0, 0.1) is 19.8 Å². The smallest absolute Gasteiger partial charge is 0.250 e. The van der Waals surface area contributed by atoms with Crippen molar-refractivity contribution in [2.45, 2.75) is 65.1 Å². The van der Waals surface area contributed by atoms with Crippen molar-refractivity contribution in [3.8, 4) is 0 Å². The Bertz CT molecular complexity index is 896. The average Bonchev–Trinajstić information content (AvgIpc) is 2.74. The van der Waals surface area contributed by atoms with Crippen LogP contribution in [-0.4, -0.2) is 34.2 Å². The first-order chi connectivity index (χ1) is 14.4. The van der Waals surface area contributed by atoms with Crippen LogP contribution < -0.4 is 0 Å². The number of aryl methyl sites for hydroxylation is 2. The van der Waals surface area contributed by atoms with Gasteiger partial charge in [0.05, 0.1) is 0 Å². The Labute approximate surface area is 179 Å². The molecule has 1 unspecified atom stereocenters. The zero-order chi connectivity index (χ0) is 21.3. The van der Waals surface area contributed by atoms with Crippen molar-refractivity contribution in [2.24, 2.45) is 5.92 Å². The summed E-state index contributed by atoms with van der Waals surface area (Å²) >= 11 is 0. The van der Waals surface area contributed by atoms with Crippen molar-refractivity contribution >= 4 is 11.8 Å². The van der Waals surface area contributed by atoms with Gasteiger partial charge in [-0.15, -0.1) is 0 Å². The van der Waals surface area contributed by atoms with E-state index < -0.39 is 6.04 Å². The van der Waals surface area contributed by atoms with Gasteiger partial charge in [0.25, 0.3) is 5.91 Å². The monoisotopic (exact) mass is 404 g/mol. The van der Waals surface area contributed by atoms with Crippen LogP contribution in [0.2, 0.25) is 0 Å². The zero-order valence-corrected chi connectivity index (χ0v) is 18.3. The molecule has 158 valence electrons. The second-order valence-electron chi connectivity index (χ2n) is 9.20. The summed E-state index contributed by atoms with van der Waals surface area (Å²) in [5, 5.41) is 0. The molecule has 2 aliphatic rings. The Hall–Kier alpha value is -2.62. The first kappa shape index (κ1) is 20.6. The highest BCUT2D eigenvalue weighted by Crippen LogP contribution is 2.34. The third-order valence-corrected chi connectivity index (χ3v) is 6.75. The molecule has 1 aliphatic heterocycles. The minimum Gasteiger partial charge on any atom is -0.328 e. The van der Waals surface area contributed by atoms with E-state index in [0.29, 0.717) is 12.5 Å². The lowest BCUT2D eigenvalue weighted by molar-refractivity contribution is -0.160. The second kappa shape index (κ2) is 8.63. The van der Waals surface area contributed by atoms with Gasteiger partial charge in [-0.25, -0.2) is 0 Å². The van der Waals surface area contributed by atoms with Gasteiger partial charge in [0.15, 0.2) is 0 Å². The lowest BCUT2D eigenvalue weighted by Gasteiger charge is -2.45. The van der Waals surface area contributed by atoms with Gasteiger partial charge in [0, 0.05) is 12.6 Å². The normalized spacial score (nSPS) is 25.0. The van der Waals surface area contributed by atoms with Crippen LogP contribution in [0.3, 0.4) is 0 Å². The first-order valence-corrected chi connectivity index (χ1v) is 11.1. The minimum absolute atomic E-state index is 0.0411. The van der Waals surface area contributed by atoms with Crippen LogP contribution in [0.1, 0.15) is 60.9 Å². The van der Waals surface area contributed by atoms with Gasteiger partial charge in [-0.05, 0) is 56.6 Å². The minimum atomic E-state index is -0.549. The van der Waals surface area contributed by atoms with Crippen LogP contribution in [0.5, 0.6) is 0 Å². The number of hydrogen-bond acceptors (Lipinski definition) is 2. The Balaban J connectivity index is 1.65. The van der Waals surface area contributed by atoms with Crippen molar-refractivity contribution < 1.29 is 9.59 Å². The topological polar surface area (TPSA) is 40.6 Å². The summed E-state index contributed by atoms with van der Waals surface area (Å²) in [6, 6.07) is 15.9. The largest absolute Gasteiger partial charge is 0.328 e. The summed E-state index contributed by atoms with van der Waals surface area (Å²) in [6.45, 7) is 7.03. The highest BCUT2D eigenvalue weighted by atomic mass is 16.2. The van der Waals surface area contributed by atoms with E-state index in [-0.39, 0.29) is 24.4 Å². The molecule has 1 heterocycles. The van der Waals surface area contributed by atoms with E-state index >= 15 is 0 Å². The predicted molar refractivity (Wildman–Crippen MR) is 119 cm³/mol. The fourth-order valence-electron chi connectivity index (χ4n) is 4.75. The van der Waals surface area contributed by atoms with Crippen molar-refractivity contribution in [3.63, 3.8) is 0 Å². The lowest BCUT2D eigenvalue weighted by Crippen LogP contribution is -2.58. The fraction of sp³-hybridized carbons (Fsp3) is 0.462. The summed E-state index contributed by atoms with van der Waals surface area (Å²) in [4.78, 5) is 30.7. The van der Waals surface area contributed by atoms with Crippen molar-refractivity contribution in [2.75, 3.05) is 6.54 Å². The number of nitrogens with zero attached hydrogens (tertiary/aromatic N) is 2. The van der Waals surface area contributed by atoms with E-state index in [1.807, 2.05) is 48.2 Å². The molecular formula is C26H32N2O2. The third kappa shape index (κ3) is 4.28. The number of benzene rings is 2. The van der Waals surface area contributed by atoms with Gasteiger partial charge in [-0.2, -0.15) is 0 Å². The van der Waals surface area contributed by atoms with Gasteiger partial charge in [0.2, 0.25) is 5.91 Å². The summed E-state index contributed by atoms with van der Waals surface area (Å²) in [5.74, 6) is 0.826. The summed E-state index contributed by atoms with van der Waals surface area (Å²) < 4.78 is 0. The van der Waals surface area contributed by atoms with Gasteiger partial charge in [0.1, 0.15) is 12.6 Å². The molecular weight excluding hydrogens is 372 g/mol. The molecule has 4 rings (SSSR count). The maximum Gasteiger partial charge on any atom is 0.250 e. The second-order valence-corrected chi connectivity index (χ2v) is 9.20. The molecule has 1 saturated heterocycles. The number of rotatable bonds is 4. The molecule has 0 radical (unpaired) electrons. The molecule has 0 bridgehead atoms. The van der Waals surface area contributed by atoms with Crippen LogP contribution in [0.25, 0.3) is 0 Å². The number of amides is 2. The van der Waals surface area contributed by atoms with Crippen molar-refractivity contribution in [1.29, 1.82) is 0 Å². The van der Waals surface area contributed by atoms with Gasteiger partial charge < -0.3 is 9.80 Å². The molecule has 30 heavy (non-hydrogen) atoms. The Morgan fingerprint density at radius 2 is 1.40 bits per heavy atom. The van der Waals surface area contributed by atoms with Crippen LogP contribution in [0.4, 0.5) is 0 Å². The predicted octanol–water partition coefficient (Wildman–Crippen LogP) is 4.79. The Morgan fingerprint density at radius 3 is 2.00 bits per heavy atom. The van der Waals surface area contributed by atoms with E-state index in [1.54, 1.807) is 4.90 Å². The Kier molecular flexibility index (Phi) is 5.94. The quantitative estimate of drug-likeness (QED) is 0.735. The van der Waals surface area contributed by atoms with E-state index in [9.17, 15) is 9.59 Å². The van der Waals surface area contributed by atoms with Gasteiger partial charge >= 0.3 is 0 Å². The Morgan fingerprint density at radius 1 is 0.833 bits per heavy atom.